The van der Waals surface area contributed by atoms with Gasteiger partial charge in [0.05, 0.1) is 10.4 Å². The van der Waals surface area contributed by atoms with Crippen LogP contribution in [0, 0.1) is 0 Å². The third-order valence-electron chi connectivity index (χ3n) is 5.45. The zero-order valence-electron chi connectivity index (χ0n) is 16.0. The van der Waals surface area contributed by atoms with Gasteiger partial charge in [-0.2, -0.15) is 0 Å². The average molecular weight is 435 g/mol. The van der Waals surface area contributed by atoms with Crippen molar-refractivity contribution in [2.24, 2.45) is 0 Å². The van der Waals surface area contributed by atoms with Crippen LogP contribution in [-0.2, 0) is 13.0 Å². The summed E-state index contributed by atoms with van der Waals surface area (Å²) in [6.07, 6.45) is 6.49. The average Bonchev–Trinajstić information content (AvgIpc) is 3.48. The highest BCUT2D eigenvalue weighted by Gasteiger charge is 2.18. The number of carbonyl (C=O) groups excluding carboxylic acids is 1. The van der Waals surface area contributed by atoms with E-state index in [-0.39, 0.29) is 5.91 Å². The van der Waals surface area contributed by atoms with Crippen molar-refractivity contribution < 1.29 is 4.79 Å². The SMILES string of the molecule is O=C(Nc1cccc(-c2nnc3n2CCCCC3)c1)c1cc2c(nc3sccn32)s1. The maximum atomic E-state index is 12.9. The molecule has 0 atom stereocenters. The highest BCUT2D eigenvalue weighted by atomic mass is 32.1. The topological polar surface area (TPSA) is 77.1 Å². The molecule has 6 rings (SSSR count). The Morgan fingerprint density at radius 2 is 2.10 bits per heavy atom. The van der Waals surface area contributed by atoms with Crippen LogP contribution in [0.4, 0.5) is 5.69 Å². The summed E-state index contributed by atoms with van der Waals surface area (Å²) in [6, 6.07) is 9.74. The number of aromatic nitrogens is 5. The molecule has 0 fully saturated rings. The van der Waals surface area contributed by atoms with E-state index in [1.165, 1.54) is 17.8 Å². The van der Waals surface area contributed by atoms with E-state index in [0.717, 1.165) is 64.0 Å². The first-order valence-electron chi connectivity index (χ1n) is 9.95. The van der Waals surface area contributed by atoms with Crippen molar-refractivity contribution >= 4 is 49.6 Å². The molecule has 0 unspecified atom stereocenters. The summed E-state index contributed by atoms with van der Waals surface area (Å²) in [5.74, 6) is 1.80. The zero-order chi connectivity index (χ0) is 20.1. The number of thiazole rings is 1. The third-order valence-corrected chi connectivity index (χ3v) is 7.23. The first-order chi connectivity index (χ1) is 14.8. The quantitative estimate of drug-likeness (QED) is 0.440. The Morgan fingerprint density at radius 1 is 1.13 bits per heavy atom. The Bertz CT molecular complexity index is 1390. The molecule has 1 amide bonds. The Balaban J connectivity index is 1.28. The number of aryl methyl sites for hydroxylation is 1. The number of carbonyl (C=O) groups is 1. The summed E-state index contributed by atoms with van der Waals surface area (Å²) in [4.78, 5) is 19.9. The number of benzene rings is 1. The highest BCUT2D eigenvalue weighted by Crippen LogP contribution is 2.29. The van der Waals surface area contributed by atoms with E-state index in [9.17, 15) is 4.79 Å². The van der Waals surface area contributed by atoms with Crippen molar-refractivity contribution in [2.75, 3.05) is 5.32 Å². The molecule has 5 heterocycles. The summed E-state index contributed by atoms with van der Waals surface area (Å²) in [7, 11) is 0. The number of imidazole rings is 1. The van der Waals surface area contributed by atoms with Crippen LogP contribution < -0.4 is 5.32 Å². The van der Waals surface area contributed by atoms with Crippen molar-refractivity contribution in [3.63, 3.8) is 0 Å². The van der Waals surface area contributed by atoms with Crippen LogP contribution in [0.15, 0.2) is 41.9 Å². The molecule has 0 saturated carbocycles. The van der Waals surface area contributed by atoms with Crippen molar-refractivity contribution in [1.82, 2.24) is 24.1 Å². The fraction of sp³-hybridized carbons (Fsp3) is 0.238. The van der Waals surface area contributed by atoms with Crippen LogP contribution in [0.1, 0.15) is 34.8 Å². The number of amides is 1. The Morgan fingerprint density at radius 3 is 3.07 bits per heavy atom. The molecule has 1 aliphatic rings. The number of anilines is 1. The predicted octanol–water partition coefficient (Wildman–Crippen LogP) is 4.85. The van der Waals surface area contributed by atoms with Gasteiger partial charge in [-0.1, -0.05) is 18.6 Å². The van der Waals surface area contributed by atoms with Crippen LogP contribution in [-0.4, -0.2) is 30.1 Å². The molecule has 5 aromatic rings. The Labute approximate surface area is 180 Å². The molecule has 0 bridgehead atoms. The summed E-state index contributed by atoms with van der Waals surface area (Å²) >= 11 is 3.00. The Kier molecular flexibility index (Phi) is 4.17. The van der Waals surface area contributed by atoms with E-state index < -0.39 is 0 Å². The fourth-order valence-electron chi connectivity index (χ4n) is 3.99. The molecule has 0 radical (unpaired) electrons. The standard InChI is InChI=1S/C21H18N6OS2/c28-19(16-12-15-20(30-16)23-21-26(15)9-10-29-21)22-14-6-4-5-13(11-14)18-25-24-17-7-2-1-3-8-27(17)18/h4-6,9-12H,1-3,7-8H2,(H,22,28). The van der Waals surface area contributed by atoms with Gasteiger partial charge in [-0.05, 0) is 31.0 Å². The van der Waals surface area contributed by atoms with Crippen LogP contribution in [0.2, 0.25) is 0 Å². The van der Waals surface area contributed by atoms with E-state index in [1.807, 2.05) is 46.3 Å². The molecule has 30 heavy (non-hydrogen) atoms. The van der Waals surface area contributed by atoms with Crippen LogP contribution in [0.3, 0.4) is 0 Å². The highest BCUT2D eigenvalue weighted by molar-refractivity contribution is 7.21. The second-order valence-corrected chi connectivity index (χ2v) is 9.31. The van der Waals surface area contributed by atoms with Gasteiger partial charge in [0.15, 0.2) is 10.8 Å². The number of rotatable bonds is 3. The van der Waals surface area contributed by atoms with Gasteiger partial charge in [0, 0.05) is 35.8 Å². The molecular weight excluding hydrogens is 416 g/mol. The van der Waals surface area contributed by atoms with E-state index in [0.29, 0.717) is 4.88 Å². The van der Waals surface area contributed by atoms with E-state index >= 15 is 0 Å². The smallest absolute Gasteiger partial charge is 0.265 e. The molecule has 1 aromatic carbocycles. The van der Waals surface area contributed by atoms with Gasteiger partial charge in [-0.3, -0.25) is 9.20 Å². The molecule has 150 valence electrons. The lowest BCUT2D eigenvalue weighted by Crippen LogP contribution is -2.10. The van der Waals surface area contributed by atoms with Gasteiger partial charge in [0.2, 0.25) is 0 Å². The van der Waals surface area contributed by atoms with Crippen molar-refractivity contribution in [3.8, 4) is 11.4 Å². The van der Waals surface area contributed by atoms with E-state index in [1.54, 1.807) is 11.3 Å². The summed E-state index contributed by atoms with van der Waals surface area (Å²) < 4.78 is 4.24. The molecule has 1 aliphatic heterocycles. The second-order valence-electron chi connectivity index (χ2n) is 7.41. The maximum Gasteiger partial charge on any atom is 0.265 e. The summed E-state index contributed by atoms with van der Waals surface area (Å²) in [6.45, 7) is 0.945. The number of nitrogens with one attached hydrogen (secondary N) is 1. The zero-order valence-corrected chi connectivity index (χ0v) is 17.7. The molecular formula is C21H18N6OS2. The molecule has 0 aliphatic carbocycles. The van der Waals surface area contributed by atoms with Crippen LogP contribution >= 0.6 is 22.7 Å². The van der Waals surface area contributed by atoms with Gasteiger partial charge in [-0.25, -0.2) is 4.98 Å². The Hall–Kier alpha value is -3.04. The molecule has 9 heteroatoms. The molecule has 1 N–H and O–H groups in total. The summed E-state index contributed by atoms with van der Waals surface area (Å²) in [5.41, 5.74) is 2.69. The number of fused-ring (bicyclic) bond motifs is 4. The van der Waals surface area contributed by atoms with Gasteiger partial charge < -0.3 is 9.88 Å². The number of nitrogens with zero attached hydrogens (tertiary/aromatic N) is 5. The van der Waals surface area contributed by atoms with Crippen LogP contribution in [0.25, 0.3) is 26.7 Å². The maximum absolute atomic E-state index is 12.9. The van der Waals surface area contributed by atoms with E-state index in [4.69, 9.17) is 0 Å². The van der Waals surface area contributed by atoms with Crippen molar-refractivity contribution in [2.45, 2.75) is 32.2 Å². The second kappa shape index (κ2) is 7.03. The minimum absolute atomic E-state index is 0.126. The lowest BCUT2D eigenvalue weighted by molar-refractivity contribution is 0.103. The first kappa shape index (κ1) is 17.8. The summed E-state index contributed by atoms with van der Waals surface area (Å²) in [5, 5.41) is 13.8. The molecule has 4 aromatic heterocycles. The monoisotopic (exact) mass is 434 g/mol. The van der Waals surface area contributed by atoms with E-state index in [2.05, 4.69) is 25.1 Å². The third kappa shape index (κ3) is 2.93. The normalized spacial score (nSPS) is 14.1. The van der Waals surface area contributed by atoms with Crippen LogP contribution in [0.5, 0.6) is 0 Å². The molecule has 0 saturated heterocycles. The van der Waals surface area contributed by atoms with Crippen molar-refractivity contribution in [1.29, 1.82) is 0 Å². The molecule has 0 spiro atoms. The fourth-order valence-corrected chi connectivity index (χ4v) is 5.68. The largest absolute Gasteiger partial charge is 0.321 e. The van der Waals surface area contributed by atoms with Crippen molar-refractivity contribution in [3.05, 3.63) is 52.6 Å². The predicted molar refractivity (Wildman–Crippen MR) is 119 cm³/mol. The first-order valence-corrected chi connectivity index (χ1v) is 11.6. The minimum Gasteiger partial charge on any atom is -0.321 e. The number of hydrogen-bond acceptors (Lipinski definition) is 6. The van der Waals surface area contributed by atoms with Gasteiger partial charge in [0.1, 0.15) is 10.7 Å². The lowest BCUT2D eigenvalue weighted by Gasteiger charge is -2.09. The number of hydrogen-bond donors (Lipinski definition) is 1. The van der Waals surface area contributed by atoms with Gasteiger partial charge in [-0.15, -0.1) is 32.9 Å². The minimum atomic E-state index is -0.126. The lowest BCUT2D eigenvalue weighted by atomic mass is 10.2. The molecule has 7 nitrogen and oxygen atoms in total. The van der Waals surface area contributed by atoms with Gasteiger partial charge >= 0.3 is 0 Å². The number of thiophene rings is 1. The van der Waals surface area contributed by atoms with Gasteiger partial charge in [0.25, 0.3) is 5.91 Å².